The van der Waals surface area contributed by atoms with Crippen LogP contribution in [0.2, 0.25) is 0 Å². The molecule has 0 aliphatic rings. The molecule has 1 aromatic carbocycles. The van der Waals surface area contributed by atoms with E-state index in [-0.39, 0.29) is 6.61 Å². The van der Waals surface area contributed by atoms with Crippen molar-refractivity contribution in [3.05, 3.63) is 22.7 Å². The number of nitrogens with two attached hydrogens (primary N) is 1. The van der Waals surface area contributed by atoms with Crippen LogP contribution in [0, 0.1) is 0 Å². The molecule has 0 saturated heterocycles. The van der Waals surface area contributed by atoms with E-state index in [1.165, 1.54) is 0 Å². The number of nitrogen functional groups attached to an aromatic ring is 1. The van der Waals surface area contributed by atoms with Crippen LogP contribution in [0.3, 0.4) is 0 Å². The van der Waals surface area contributed by atoms with Crippen molar-refractivity contribution in [2.75, 3.05) is 18.9 Å². The molecule has 16 heavy (non-hydrogen) atoms. The van der Waals surface area contributed by atoms with Gasteiger partial charge in [-0.1, -0.05) is 6.07 Å². The van der Waals surface area contributed by atoms with Gasteiger partial charge in [0.1, 0.15) is 6.61 Å². The summed E-state index contributed by atoms with van der Waals surface area (Å²) in [6, 6.07) is 4.96. The van der Waals surface area contributed by atoms with Gasteiger partial charge in [0, 0.05) is 0 Å². The van der Waals surface area contributed by atoms with E-state index < -0.39 is 13.0 Å². The second-order valence-electron chi connectivity index (χ2n) is 2.80. The van der Waals surface area contributed by atoms with E-state index in [0.717, 1.165) is 0 Å². The lowest BCUT2D eigenvalue weighted by Crippen LogP contribution is -2.18. The number of anilines is 1. The zero-order valence-corrected chi connectivity index (χ0v) is 9.64. The van der Waals surface area contributed by atoms with Gasteiger partial charge in [-0.05, 0) is 28.1 Å². The molecular formula is C9H9BrF3NO2. The predicted molar refractivity (Wildman–Crippen MR) is 56.1 cm³/mol. The Bertz CT molecular complexity index is 337. The van der Waals surface area contributed by atoms with Crippen molar-refractivity contribution in [2.45, 2.75) is 6.36 Å². The number of alkyl halides is 3. The van der Waals surface area contributed by atoms with Crippen LogP contribution in [0.15, 0.2) is 22.7 Å². The number of benzene rings is 1. The Hall–Kier alpha value is -0.950. The highest BCUT2D eigenvalue weighted by Crippen LogP contribution is 2.30. The molecule has 0 aromatic heterocycles. The molecule has 0 aliphatic heterocycles. The fraction of sp³-hybridized carbons (Fsp3) is 0.333. The van der Waals surface area contributed by atoms with Gasteiger partial charge in [-0.25, -0.2) is 0 Å². The number of para-hydroxylation sites is 1. The first-order valence-corrected chi connectivity index (χ1v) is 5.07. The van der Waals surface area contributed by atoms with Gasteiger partial charge in [-0.3, -0.25) is 4.74 Å². The average molecular weight is 300 g/mol. The van der Waals surface area contributed by atoms with Crippen molar-refractivity contribution < 1.29 is 22.6 Å². The number of ether oxygens (including phenoxy) is 2. The molecule has 0 radical (unpaired) electrons. The minimum absolute atomic E-state index is 0.230. The van der Waals surface area contributed by atoms with E-state index in [9.17, 15) is 13.2 Å². The standard InChI is InChI=1S/C9H9BrF3NO2/c10-6-2-1-3-7(14)8(6)15-4-5-16-9(11,12)13/h1-3H,4-5,14H2. The highest BCUT2D eigenvalue weighted by atomic mass is 79.9. The maximum atomic E-state index is 11.6. The topological polar surface area (TPSA) is 44.5 Å². The molecule has 0 aliphatic carbocycles. The lowest BCUT2D eigenvalue weighted by Gasteiger charge is -2.11. The first-order valence-electron chi connectivity index (χ1n) is 4.27. The lowest BCUT2D eigenvalue weighted by molar-refractivity contribution is -0.325. The molecule has 0 heterocycles. The summed E-state index contributed by atoms with van der Waals surface area (Å²) in [6.45, 7) is -0.809. The summed E-state index contributed by atoms with van der Waals surface area (Å²) >= 11 is 3.17. The summed E-state index contributed by atoms with van der Waals surface area (Å²) in [5.41, 5.74) is 5.92. The molecule has 90 valence electrons. The Balaban J connectivity index is 2.43. The SMILES string of the molecule is Nc1cccc(Br)c1OCCOC(F)(F)F. The Morgan fingerprint density at radius 2 is 1.94 bits per heavy atom. The van der Waals surface area contributed by atoms with Crippen LogP contribution >= 0.6 is 15.9 Å². The molecular weight excluding hydrogens is 291 g/mol. The fourth-order valence-electron chi connectivity index (χ4n) is 0.979. The van der Waals surface area contributed by atoms with E-state index in [4.69, 9.17) is 10.5 Å². The maximum Gasteiger partial charge on any atom is 0.522 e. The minimum Gasteiger partial charge on any atom is -0.488 e. The van der Waals surface area contributed by atoms with Gasteiger partial charge in [0.15, 0.2) is 5.75 Å². The Kier molecular flexibility index (Phi) is 4.43. The largest absolute Gasteiger partial charge is 0.522 e. The molecule has 0 saturated carbocycles. The first-order chi connectivity index (χ1) is 7.40. The van der Waals surface area contributed by atoms with E-state index in [1.807, 2.05) is 0 Å². The van der Waals surface area contributed by atoms with Gasteiger partial charge in [0.2, 0.25) is 0 Å². The lowest BCUT2D eigenvalue weighted by atomic mass is 10.3. The molecule has 0 unspecified atom stereocenters. The summed E-state index contributed by atoms with van der Waals surface area (Å²) in [6.07, 6.45) is -4.64. The number of halogens is 4. The zero-order valence-electron chi connectivity index (χ0n) is 8.05. The van der Waals surface area contributed by atoms with Crippen LogP contribution in [0.4, 0.5) is 18.9 Å². The first kappa shape index (κ1) is 13.1. The predicted octanol–water partition coefficient (Wildman–Crippen LogP) is 2.95. The van der Waals surface area contributed by atoms with Gasteiger partial charge in [0.05, 0.1) is 16.8 Å². The fourth-order valence-corrected chi connectivity index (χ4v) is 1.47. The average Bonchev–Trinajstić information content (AvgIpc) is 2.14. The van der Waals surface area contributed by atoms with Crippen LogP contribution in [-0.4, -0.2) is 19.6 Å². The van der Waals surface area contributed by atoms with Crippen molar-refractivity contribution >= 4 is 21.6 Å². The van der Waals surface area contributed by atoms with Crippen LogP contribution in [0.5, 0.6) is 5.75 Å². The Labute approximate surface area is 98.5 Å². The van der Waals surface area contributed by atoms with Crippen LogP contribution in [0.1, 0.15) is 0 Å². The third-order valence-electron chi connectivity index (χ3n) is 1.59. The van der Waals surface area contributed by atoms with Crippen molar-refractivity contribution in [3.8, 4) is 5.75 Å². The molecule has 0 bridgehead atoms. The summed E-state index contributed by atoms with van der Waals surface area (Å²) < 4.78 is 44.1. The summed E-state index contributed by atoms with van der Waals surface area (Å²) in [5.74, 6) is 0.313. The Morgan fingerprint density at radius 3 is 2.50 bits per heavy atom. The van der Waals surface area contributed by atoms with E-state index in [2.05, 4.69) is 20.7 Å². The molecule has 7 heteroatoms. The van der Waals surface area contributed by atoms with Crippen LogP contribution < -0.4 is 10.5 Å². The number of hydrogen-bond acceptors (Lipinski definition) is 3. The molecule has 1 rings (SSSR count). The summed E-state index contributed by atoms with van der Waals surface area (Å²) in [5, 5.41) is 0. The quantitative estimate of drug-likeness (QED) is 0.687. The van der Waals surface area contributed by atoms with Gasteiger partial charge >= 0.3 is 6.36 Å². The van der Waals surface area contributed by atoms with E-state index in [1.54, 1.807) is 18.2 Å². The van der Waals surface area contributed by atoms with Crippen molar-refractivity contribution in [1.29, 1.82) is 0 Å². The highest BCUT2D eigenvalue weighted by molar-refractivity contribution is 9.10. The number of rotatable bonds is 4. The van der Waals surface area contributed by atoms with E-state index >= 15 is 0 Å². The normalized spacial score (nSPS) is 11.5. The minimum atomic E-state index is -4.64. The van der Waals surface area contributed by atoms with Gasteiger partial charge in [-0.15, -0.1) is 13.2 Å². The summed E-state index contributed by atoms with van der Waals surface area (Å²) in [4.78, 5) is 0. The number of hydrogen-bond donors (Lipinski definition) is 1. The van der Waals surface area contributed by atoms with Crippen molar-refractivity contribution in [2.24, 2.45) is 0 Å². The summed E-state index contributed by atoms with van der Waals surface area (Å²) in [7, 11) is 0. The zero-order chi connectivity index (χ0) is 12.2. The third-order valence-corrected chi connectivity index (χ3v) is 2.22. The van der Waals surface area contributed by atoms with Gasteiger partial charge in [-0.2, -0.15) is 0 Å². The second kappa shape index (κ2) is 5.40. The van der Waals surface area contributed by atoms with E-state index in [0.29, 0.717) is 15.9 Å². The Morgan fingerprint density at radius 1 is 1.25 bits per heavy atom. The van der Waals surface area contributed by atoms with Crippen molar-refractivity contribution in [1.82, 2.24) is 0 Å². The molecule has 1 aromatic rings. The van der Waals surface area contributed by atoms with Crippen molar-refractivity contribution in [3.63, 3.8) is 0 Å². The molecule has 0 spiro atoms. The smallest absolute Gasteiger partial charge is 0.488 e. The molecule has 0 amide bonds. The highest BCUT2D eigenvalue weighted by Gasteiger charge is 2.28. The molecule has 0 fully saturated rings. The van der Waals surface area contributed by atoms with Crippen LogP contribution in [0.25, 0.3) is 0 Å². The van der Waals surface area contributed by atoms with Gasteiger partial charge in [0.25, 0.3) is 0 Å². The molecule has 2 N–H and O–H groups in total. The maximum absolute atomic E-state index is 11.6. The van der Waals surface area contributed by atoms with Crippen LogP contribution in [-0.2, 0) is 4.74 Å². The third kappa shape index (κ3) is 4.28. The van der Waals surface area contributed by atoms with Gasteiger partial charge < -0.3 is 10.5 Å². The monoisotopic (exact) mass is 299 g/mol. The molecule has 0 atom stereocenters. The molecule has 3 nitrogen and oxygen atoms in total. The second-order valence-corrected chi connectivity index (χ2v) is 3.66.